The van der Waals surface area contributed by atoms with Gasteiger partial charge in [-0.25, -0.2) is 0 Å². The van der Waals surface area contributed by atoms with Crippen molar-refractivity contribution >= 4 is 0 Å². The van der Waals surface area contributed by atoms with Crippen molar-refractivity contribution < 1.29 is 14.2 Å². The van der Waals surface area contributed by atoms with Gasteiger partial charge in [0.25, 0.3) is 0 Å². The lowest BCUT2D eigenvalue weighted by Crippen LogP contribution is -2.12. The lowest BCUT2D eigenvalue weighted by molar-refractivity contribution is 0.323. The molecule has 0 bridgehead atoms. The van der Waals surface area contributed by atoms with Crippen LogP contribution < -0.4 is 25.7 Å². The zero-order valence-corrected chi connectivity index (χ0v) is 11.9. The highest BCUT2D eigenvalue weighted by Gasteiger charge is 2.16. The highest BCUT2D eigenvalue weighted by Crippen LogP contribution is 2.39. The van der Waals surface area contributed by atoms with Crippen LogP contribution in [0.2, 0.25) is 0 Å². The number of benzene rings is 1. The van der Waals surface area contributed by atoms with Crippen LogP contribution in [0.3, 0.4) is 0 Å². The van der Waals surface area contributed by atoms with E-state index in [9.17, 15) is 0 Å². The molecule has 1 aromatic rings. The van der Waals surface area contributed by atoms with Gasteiger partial charge in [0, 0.05) is 6.04 Å². The van der Waals surface area contributed by atoms with Gasteiger partial charge in [0.1, 0.15) is 0 Å². The van der Waals surface area contributed by atoms with Crippen molar-refractivity contribution in [2.24, 2.45) is 11.5 Å². The normalized spacial score (nSPS) is 12.1. The molecule has 0 aliphatic carbocycles. The number of hydrogen-bond donors (Lipinski definition) is 2. The third-order valence-corrected chi connectivity index (χ3v) is 3.08. The standard InChI is InChI=1S/C14H24N2O3/c1-17-12-8-10(11(16)6-4-5-7-15)9-13(18-2)14(12)19-3/h8-9,11H,4-7,15-16H2,1-3H3/t11-/m1/s1. The first-order valence-corrected chi connectivity index (χ1v) is 6.43. The SMILES string of the molecule is COc1cc([C@H](N)CCCCN)cc(OC)c1OC. The predicted molar refractivity (Wildman–Crippen MR) is 75.9 cm³/mol. The summed E-state index contributed by atoms with van der Waals surface area (Å²) >= 11 is 0. The summed E-state index contributed by atoms with van der Waals surface area (Å²) in [5.74, 6) is 1.85. The van der Waals surface area contributed by atoms with Gasteiger partial charge in [-0.2, -0.15) is 0 Å². The zero-order valence-electron chi connectivity index (χ0n) is 11.9. The first-order chi connectivity index (χ1) is 9.17. The molecule has 0 aliphatic rings. The van der Waals surface area contributed by atoms with E-state index in [1.807, 2.05) is 12.1 Å². The lowest BCUT2D eigenvalue weighted by atomic mass is 10.0. The third kappa shape index (κ3) is 4.01. The molecule has 0 saturated carbocycles. The van der Waals surface area contributed by atoms with Crippen LogP contribution in [0.4, 0.5) is 0 Å². The van der Waals surface area contributed by atoms with Gasteiger partial charge in [-0.15, -0.1) is 0 Å². The average Bonchev–Trinajstić information content (AvgIpc) is 2.45. The molecule has 0 amide bonds. The van der Waals surface area contributed by atoms with Crippen molar-refractivity contribution in [1.29, 1.82) is 0 Å². The predicted octanol–water partition coefficient (Wildman–Crippen LogP) is 1.84. The van der Waals surface area contributed by atoms with Crippen molar-refractivity contribution in [2.45, 2.75) is 25.3 Å². The van der Waals surface area contributed by atoms with Gasteiger partial charge in [0.05, 0.1) is 21.3 Å². The van der Waals surface area contributed by atoms with Crippen LogP contribution in [0.25, 0.3) is 0 Å². The highest BCUT2D eigenvalue weighted by molar-refractivity contribution is 5.54. The molecule has 0 unspecified atom stereocenters. The molecule has 108 valence electrons. The summed E-state index contributed by atoms with van der Waals surface area (Å²) in [6.07, 6.45) is 2.88. The first-order valence-electron chi connectivity index (χ1n) is 6.43. The average molecular weight is 268 g/mol. The van der Waals surface area contributed by atoms with Crippen LogP contribution in [-0.4, -0.2) is 27.9 Å². The van der Waals surface area contributed by atoms with Gasteiger partial charge in [-0.1, -0.05) is 6.42 Å². The number of hydrogen-bond acceptors (Lipinski definition) is 5. The minimum atomic E-state index is -0.0553. The summed E-state index contributed by atoms with van der Waals surface area (Å²) in [6.45, 7) is 0.696. The van der Waals surface area contributed by atoms with Crippen LogP contribution in [0.15, 0.2) is 12.1 Å². The summed E-state index contributed by atoms with van der Waals surface area (Å²) < 4.78 is 15.9. The van der Waals surface area contributed by atoms with Gasteiger partial charge in [-0.05, 0) is 37.1 Å². The molecular weight excluding hydrogens is 244 g/mol. The second-order valence-corrected chi connectivity index (χ2v) is 4.35. The van der Waals surface area contributed by atoms with E-state index in [4.69, 9.17) is 25.7 Å². The van der Waals surface area contributed by atoms with Crippen LogP contribution in [0, 0.1) is 0 Å². The number of ether oxygens (including phenoxy) is 3. The van der Waals surface area contributed by atoms with Crippen molar-refractivity contribution in [3.63, 3.8) is 0 Å². The Morgan fingerprint density at radius 1 is 1.00 bits per heavy atom. The Labute approximate surface area is 114 Å². The van der Waals surface area contributed by atoms with Gasteiger partial charge >= 0.3 is 0 Å². The number of unbranched alkanes of at least 4 members (excludes halogenated alkanes) is 1. The molecule has 19 heavy (non-hydrogen) atoms. The van der Waals surface area contributed by atoms with Gasteiger partial charge in [0.2, 0.25) is 5.75 Å². The molecule has 0 radical (unpaired) electrons. The lowest BCUT2D eigenvalue weighted by Gasteiger charge is -2.17. The molecule has 0 aromatic heterocycles. The van der Waals surface area contributed by atoms with Crippen LogP contribution >= 0.6 is 0 Å². The second kappa shape index (κ2) is 7.86. The number of rotatable bonds is 8. The molecule has 0 fully saturated rings. The smallest absolute Gasteiger partial charge is 0.203 e. The summed E-state index contributed by atoms with van der Waals surface area (Å²) in [5, 5.41) is 0. The maximum Gasteiger partial charge on any atom is 0.203 e. The summed E-state index contributed by atoms with van der Waals surface area (Å²) in [7, 11) is 4.78. The van der Waals surface area contributed by atoms with E-state index < -0.39 is 0 Å². The molecule has 0 saturated heterocycles. The van der Waals surface area contributed by atoms with Crippen molar-refractivity contribution in [2.75, 3.05) is 27.9 Å². The minimum absolute atomic E-state index is 0.0553. The molecule has 1 aromatic carbocycles. The molecule has 1 atom stereocenters. The Kier molecular flexibility index (Phi) is 6.45. The maximum absolute atomic E-state index is 6.18. The van der Waals surface area contributed by atoms with Crippen LogP contribution in [0.5, 0.6) is 17.2 Å². The van der Waals surface area contributed by atoms with Crippen molar-refractivity contribution in [1.82, 2.24) is 0 Å². The van der Waals surface area contributed by atoms with E-state index in [1.54, 1.807) is 21.3 Å². The van der Waals surface area contributed by atoms with E-state index in [0.29, 0.717) is 23.8 Å². The molecular formula is C14H24N2O3. The van der Waals surface area contributed by atoms with E-state index in [0.717, 1.165) is 24.8 Å². The van der Waals surface area contributed by atoms with Crippen molar-refractivity contribution in [3.8, 4) is 17.2 Å². The molecule has 5 heteroatoms. The maximum atomic E-state index is 6.18. The zero-order chi connectivity index (χ0) is 14.3. The molecule has 1 rings (SSSR count). The third-order valence-electron chi connectivity index (χ3n) is 3.08. The number of methoxy groups -OCH3 is 3. The summed E-state index contributed by atoms with van der Waals surface area (Å²) in [6, 6.07) is 3.74. The fourth-order valence-corrected chi connectivity index (χ4v) is 1.99. The van der Waals surface area contributed by atoms with Crippen molar-refractivity contribution in [3.05, 3.63) is 17.7 Å². The Bertz CT molecular complexity index is 371. The Hall–Kier alpha value is -1.46. The number of nitrogens with two attached hydrogens (primary N) is 2. The van der Waals surface area contributed by atoms with Gasteiger partial charge in [0.15, 0.2) is 11.5 Å². The Morgan fingerprint density at radius 2 is 1.58 bits per heavy atom. The molecule has 4 N–H and O–H groups in total. The quantitative estimate of drug-likeness (QED) is 0.703. The monoisotopic (exact) mass is 268 g/mol. The fourth-order valence-electron chi connectivity index (χ4n) is 1.99. The first kappa shape index (κ1) is 15.6. The van der Waals surface area contributed by atoms with Gasteiger partial charge < -0.3 is 25.7 Å². The van der Waals surface area contributed by atoms with Gasteiger partial charge in [-0.3, -0.25) is 0 Å². The Morgan fingerprint density at radius 3 is 2.00 bits per heavy atom. The summed E-state index contributed by atoms with van der Waals surface area (Å²) in [4.78, 5) is 0. The molecule has 0 aliphatic heterocycles. The summed E-state index contributed by atoms with van der Waals surface area (Å²) in [5.41, 5.74) is 12.6. The molecule has 0 spiro atoms. The van der Waals surface area contributed by atoms with E-state index in [-0.39, 0.29) is 6.04 Å². The van der Waals surface area contributed by atoms with Crippen LogP contribution in [0.1, 0.15) is 30.9 Å². The topological polar surface area (TPSA) is 79.7 Å². The van der Waals surface area contributed by atoms with E-state index in [1.165, 1.54) is 0 Å². The molecule has 5 nitrogen and oxygen atoms in total. The molecule has 0 heterocycles. The largest absolute Gasteiger partial charge is 0.493 e. The van der Waals surface area contributed by atoms with E-state index >= 15 is 0 Å². The highest BCUT2D eigenvalue weighted by atomic mass is 16.5. The second-order valence-electron chi connectivity index (χ2n) is 4.35. The Balaban J connectivity index is 2.95. The minimum Gasteiger partial charge on any atom is -0.493 e. The fraction of sp³-hybridized carbons (Fsp3) is 0.571. The van der Waals surface area contributed by atoms with E-state index in [2.05, 4.69) is 0 Å². The van der Waals surface area contributed by atoms with Crippen LogP contribution in [-0.2, 0) is 0 Å².